The molecule has 0 saturated heterocycles. The quantitative estimate of drug-likeness (QED) is 0.592. The van der Waals surface area contributed by atoms with Crippen LogP contribution in [0.15, 0.2) is 24.4 Å². The molecule has 2 N–H and O–H groups in total. The molecule has 0 aliphatic rings. The molecular weight excluding hydrogens is 155 g/mol. The van der Waals surface area contributed by atoms with Crippen LogP contribution in [0.4, 0.5) is 10.1 Å². The van der Waals surface area contributed by atoms with Crippen LogP contribution in [0.1, 0.15) is 0 Å². The first-order valence-electron chi connectivity index (χ1n) is 3.68. The van der Waals surface area contributed by atoms with Crippen LogP contribution in [-0.2, 0) is 7.05 Å². The Morgan fingerprint density at radius 2 is 2.17 bits per heavy atom. The third kappa shape index (κ3) is 0.863. The van der Waals surface area contributed by atoms with E-state index in [0.29, 0.717) is 0 Å². The number of hydrogen-bond acceptors (Lipinski definition) is 1. The van der Waals surface area contributed by atoms with Crippen LogP contribution in [0.3, 0.4) is 0 Å². The Balaban J connectivity index is 2.87. The van der Waals surface area contributed by atoms with Gasteiger partial charge in [0, 0.05) is 24.7 Å². The highest BCUT2D eigenvalue weighted by Gasteiger charge is 2.02. The first-order chi connectivity index (χ1) is 5.68. The summed E-state index contributed by atoms with van der Waals surface area (Å²) in [6, 6.07) is 5.00. The third-order valence-electron chi connectivity index (χ3n) is 2.00. The lowest BCUT2D eigenvalue weighted by atomic mass is 10.2. The van der Waals surface area contributed by atoms with Crippen LogP contribution in [0.2, 0.25) is 0 Å². The number of benzene rings is 1. The lowest BCUT2D eigenvalue weighted by Gasteiger charge is -1.98. The van der Waals surface area contributed by atoms with Gasteiger partial charge in [0.05, 0.1) is 11.2 Å². The van der Waals surface area contributed by atoms with E-state index in [0.717, 1.165) is 10.9 Å². The molecule has 12 heavy (non-hydrogen) atoms. The maximum Gasteiger partial charge on any atom is 0.148 e. The zero-order valence-corrected chi connectivity index (χ0v) is 6.71. The molecule has 62 valence electrons. The molecule has 0 atom stereocenters. The van der Waals surface area contributed by atoms with Crippen LogP contribution in [-0.4, -0.2) is 4.57 Å². The number of nitrogens with zero attached hydrogens (tertiary/aromatic N) is 1. The SMILES string of the molecule is Cn1ccc2cc(N)c(F)cc21. The van der Waals surface area contributed by atoms with Crippen molar-refractivity contribution in [1.29, 1.82) is 0 Å². The summed E-state index contributed by atoms with van der Waals surface area (Å²) in [6.45, 7) is 0. The molecule has 0 amide bonds. The number of rotatable bonds is 0. The summed E-state index contributed by atoms with van der Waals surface area (Å²) in [6.07, 6.45) is 1.88. The first kappa shape index (κ1) is 7.16. The molecule has 0 spiro atoms. The Kier molecular flexibility index (Phi) is 1.33. The van der Waals surface area contributed by atoms with Crippen LogP contribution < -0.4 is 5.73 Å². The molecule has 0 unspecified atom stereocenters. The van der Waals surface area contributed by atoms with Gasteiger partial charge in [-0.15, -0.1) is 0 Å². The standard InChI is InChI=1S/C9H9FN2/c1-12-3-2-6-4-8(11)7(10)5-9(6)12/h2-5H,11H2,1H3. The number of aromatic nitrogens is 1. The minimum Gasteiger partial charge on any atom is -0.396 e. The van der Waals surface area contributed by atoms with Crippen molar-refractivity contribution in [3.05, 3.63) is 30.2 Å². The molecule has 2 aromatic rings. The predicted octanol–water partition coefficient (Wildman–Crippen LogP) is 1.90. The Morgan fingerprint density at radius 3 is 2.92 bits per heavy atom. The number of nitrogen functional groups attached to an aromatic ring is 1. The van der Waals surface area contributed by atoms with E-state index in [-0.39, 0.29) is 11.5 Å². The molecule has 1 aromatic heterocycles. The summed E-state index contributed by atoms with van der Waals surface area (Å²) in [7, 11) is 1.87. The Hall–Kier alpha value is -1.51. The summed E-state index contributed by atoms with van der Waals surface area (Å²) < 4.78 is 14.8. The van der Waals surface area contributed by atoms with Gasteiger partial charge in [-0.2, -0.15) is 0 Å². The number of anilines is 1. The lowest BCUT2D eigenvalue weighted by Crippen LogP contribution is -1.91. The second-order valence-corrected chi connectivity index (χ2v) is 2.86. The monoisotopic (exact) mass is 164 g/mol. The van der Waals surface area contributed by atoms with Crippen LogP contribution in [0, 0.1) is 5.82 Å². The summed E-state index contributed by atoms with van der Waals surface area (Å²) in [4.78, 5) is 0. The molecule has 0 aliphatic heterocycles. The van der Waals surface area contributed by atoms with E-state index in [1.807, 2.05) is 23.9 Å². The van der Waals surface area contributed by atoms with Gasteiger partial charge in [0.1, 0.15) is 5.82 Å². The minimum atomic E-state index is -0.357. The molecule has 1 aromatic carbocycles. The largest absolute Gasteiger partial charge is 0.396 e. The normalized spacial score (nSPS) is 10.8. The van der Waals surface area contributed by atoms with Crippen molar-refractivity contribution in [2.75, 3.05) is 5.73 Å². The second-order valence-electron chi connectivity index (χ2n) is 2.86. The van der Waals surface area contributed by atoms with Gasteiger partial charge in [-0.25, -0.2) is 4.39 Å². The molecule has 3 heteroatoms. The van der Waals surface area contributed by atoms with Crippen molar-refractivity contribution in [3.63, 3.8) is 0 Å². The van der Waals surface area contributed by atoms with Gasteiger partial charge in [-0.05, 0) is 12.1 Å². The minimum absolute atomic E-state index is 0.203. The van der Waals surface area contributed by atoms with E-state index < -0.39 is 0 Å². The van der Waals surface area contributed by atoms with E-state index in [1.165, 1.54) is 6.07 Å². The molecule has 0 saturated carbocycles. The predicted molar refractivity (Wildman–Crippen MR) is 47.3 cm³/mol. The highest BCUT2D eigenvalue weighted by Crippen LogP contribution is 2.20. The number of aryl methyl sites for hydroxylation is 1. The molecule has 2 rings (SSSR count). The third-order valence-corrected chi connectivity index (χ3v) is 2.00. The molecular formula is C9H9FN2. The fraction of sp³-hybridized carbons (Fsp3) is 0.111. The average Bonchev–Trinajstić information content (AvgIpc) is 2.35. The van der Waals surface area contributed by atoms with Crippen molar-refractivity contribution in [1.82, 2.24) is 4.57 Å². The van der Waals surface area contributed by atoms with Crippen LogP contribution >= 0.6 is 0 Å². The van der Waals surface area contributed by atoms with E-state index in [1.54, 1.807) is 6.07 Å². The van der Waals surface area contributed by atoms with E-state index in [2.05, 4.69) is 0 Å². The van der Waals surface area contributed by atoms with Crippen molar-refractivity contribution >= 4 is 16.6 Å². The second kappa shape index (κ2) is 2.24. The first-order valence-corrected chi connectivity index (χ1v) is 3.68. The summed E-state index contributed by atoms with van der Waals surface area (Å²) in [5.41, 5.74) is 6.48. The Morgan fingerprint density at radius 1 is 1.42 bits per heavy atom. The molecule has 0 bridgehead atoms. The Bertz CT molecular complexity index is 431. The average molecular weight is 164 g/mol. The smallest absolute Gasteiger partial charge is 0.148 e. The van der Waals surface area contributed by atoms with Crippen molar-refractivity contribution in [2.24, 2.45) is 7.05 Å². The molecule has 0 radical (unpaired) electrons. The maximum absolute atomic E-state index is 13.0. The van der Waals surface area contributed by atoms with Gasteiger partial charge in [0.15, 0.2) is 0 Å². The van der Waals surface area contributed by atoms with Crippen molar-refractivity contribution < 1.29 is 4.39 Å². The van der Waals surface area contributed by atoms with E-state index >= 15 is 0 Å². The van der Waals surface area contributed by atoms with E-state index in [9.17, 15) is 4.39 Å². The van der Waals surface area contributed by atoms with Crippen LogP contribution in [0.25, 0.3) is 10.9 Å². The number of hydrogen-bond donors (Lipinski definition) is 1. The fourth-order valence-electron chi connectivity index (χ4n) is 1.31. The van der Waals surface area contributed by atoms with Gasteiger partial charge < -0.3 is 10.3 Å². The number of fused-ring (bicyclic) bond motifs is 1. The lowest BCUT2D eigenvalue weighted by molar-refractivity contribution is 0.633. The molecule has 1 heterocycles. The van der Waals surface area contributed by atoms with Gasteiger partial charge in [0.2, 0.25) is 0 Å². The zero-order valence-electron chi connectivity index (χ0n) is 6.71. The molecule has 0 aliphatic carbocycles. The highest BCUT2D eigenvalue weighted by molar-refractivity contribution is 5.83. The van der Waals surface area contributed by atoms with Gasteiger partial charge >= 0.3 is 0 Å². The van der Waals surface area contributed by atoms with Crippen molar-refractivity contribution in [3.8, 4) is 0 Å². The van der Waals surface area contributed by atoms with Gasteiger partial charge in [0.25, 0.3) is 0 Å². The summed E-state index contributed by atoms with van der Waals surface area (Å²) >= 11 is 0. The van der Waals surface area contributed by atoms with Crippen LogP contribution in [0.5, 0.6) is 0 Å². The van der Waals surface area contributed by atoms with Gasteiger partial charge in [-0.3, -0.25) is 0 Å². The number of halogens is 1. The molecule has 2 nitrogen and oxygen atoms in total. The zero-order chi connectivity index (χ0) is 8.72. The topological polar surface area (TPSA) is 30.9 Å². The summed E-state index contributed by atoms with van der Waals surface area (Å²) in [5.74, 6) is -0.357. The summed E-state index contributed by atoms with van der Waals surface area (Å²) in [5, 5.41) is 0.969. The van der Waals surface area contributed by atoms with Crippen molar-refractivity contribution in [2.45, 2.75) is 0 Å². The fourth-order valence-corrected chi connectivity index (χ4v) is 1.31. The van der Waals surface area contributed by atoms with Gasteiger partial charge in [-0.1, -0.05) is 0 Å². The maximum atomic E-state index is 13.0. The van der Waals surface area contributed by atoms with E-state index in [4.69, 9.17) is 5.73 Å². The highest BCUT2D eigenvalue weighted by atomic mass is 19.1. The Labute approximate surface area is 69.4 Å². The molecule has 0 fully saturated rings. The number of nitrogens with two attached hydrogens (primary N) is 1.